The third kappa shape index (κ3) is 6.07. The first kappa shape index (κ1) is 17.5. The molecule has 0 unspecified atom stereocenters. The van der Waals surface area contributed by atoms with Crippen molar-refractivity contribution < 1.29 is 5.11 Å². The Bertz CT molecular complexity index is 410. The maximum Gasteiger partial charge on any atom is 0.0558 e. The Balaban J connectivity index is 1.60. The highest BCUT2D eigenvalue weighted by Gasteiger charge is 2.21. The van der Waals surface area contributed by atoms with Gasteiger partial charge in [-0.05, 0) is 63.6 Å². The number of nitrogens with zero attached hydrogens (tertiary/aromatic N) is 1. The first-order valence-corrected chi connectivity index (χ1v) is 8.73. The van der Waals surface area contributed by atoms with Gasteiger partial charge in [-0.2, -0.15) is 0 Å². The molecule has 1 aromatic rings. The third-order valence-electron chi connectivity index (χ3n) is 4.90. The zero-order chi connectivity index (χ0) is 15.8. The molecular formula is C19H32N2O. The normalized spacial score (nSPS) is 22.2. The molecule has 1 aliphatic rings. The topological polar surface area (TPSA) is 35.5 Å². The zero-order valence-electron chi connectivity index (χ0n) is 14.2. The first-order chi connectivity index (χ1) is 10.7. The molecule has 0 spiro atoms. The summed E-state index contributed by atoms with van der Waals surface area (Å²) in [6, 6.07) is 8.81. The van der Waals surface area contributed by atoms with Gasteiger partial charge in [0.2, 0.25) is 0 Å². The van der Waals surface area contributed by atoms with E-state index in [-0.39, 0.29) is 6.61 Å². The lowest BCUT2D eigenvalue weighted by Crippen LogP contribution is -2.32. The lowest BCUT2D eigenvalue weighted by Gasteiger charge is -2.31. The number of rotatable bonds is 8. The van der Waals surface area contributed by atoms with Crippen molar-refractivity contribution in [2.45, 2.75) is 39.2 Å². The van der Waals surface area contributed by atoms with E-state index >= 15 is 0 Å². The van der Waals surface area contributed by atoms with Crippen LogP contribution in [0.3, 0.4) is 0 Å². The zero-order valence-corrected chi connectivity index (χ0v) is 14.2. The van der Waals surface area contributed by atoms with Crippen molar-refractivity contribution in [2.24, 2.45) is 11.8 Å². The van der Waals surface area contributed by atoms with E-state index in [4.69, 9.17) is 5.11 Å². The molecule has 2 N–H and O–H groups in total. The lowest BCUT2D eigenvalue weighted by atomic mass is 9.81. The Morgan fingerprint density at radius 3 is 2.36 bits per heavy atom. The number of aliphatic hydroxyl groups excluding tert-OH is 1. The van der Waals surface area contributed by atoms with Gasteiger partial charge >= 0.3 is 0 Å². The van der Waals surface area contributed by atoms with Gasteiger partial charge in [0.25, 0.3) is 0 Å². The van der Waals surface area contributed by atoms with Crippen LogP contribution in [-0.2, 0) is 6.54 Å². The van der Waals surface area contributed by atoms with E-state index in [1.807, 2.05) is 0 Å². The average Bonchev–Trinajstić information content (AvgIpc) is 2.51. The van der Waals surface area contributed by atoms with Gasteiger partial charge in [0.05, 0.1) is 6.61 Å². The van der Waals surface area contributed by atoms with E-state index in [0.29, 0.717) is 0 Å². The fourth-order valence-corrected chi connectivity index (χ4v) is 3.45. The van der Waals surface area contributed by atoms with Gasteiger partial charge in [0.15, 0.2) is 0 Å². The molecule has 1 aromatic carbocycles. The van der Waals surface area contributed by atoms with Crippen LogP contribution < -0.4 is 5.32 Å². The predicted octanol–water partition coefficient (Wildman–Crippen LogP) is 2.82. The molecule has 1 fully saturated rings. The van der Waals surface area contributed by atoms with Crippen molar-refractivity contribution in [1.29, 1.82) is 0 Å². The lowest BCUT2D eigenvalue weighted by molar-refractivity contribution is 0.171. The largest absolute Gasteiger partial charge is 0.395 e. The highest BCUT2D eigenvalue weighted by Crippen LogP contribution is 2.28. The minimum Gasteiger partial charge on any atom is -0.395 e. The molecule has 2 rings (SSSR count). The molecule has 1 saturated carbocycles. The second-order valence-corrected chi connectivity index (χ2v) is 6.99. The van der Waals surface area contributed by atoms with Gasteiger partial charge in [-0.1, -0.05) is 29.8 Å². The Hall–Kier alpha value is -0.900. The quantitative estimate of drug-likeness (QED) is 0.775. The Labute approximate surface area is 135 Å². The van der Waals surface area contributed by atoms with Crippen molar-refractivity contribution in [2.75, 3.05) is 33.3 Å². The summed E-state index contributed by atoms with van der Waals surface area (Å²) in [4.78, 5) is 2.26. The predicted molar refractivity (Wildman–Crippen MR) is 92.9 cm³/mol. The Kier molecular flexibility index (Phi) is 7.37. The SMILES string of the molecule is Cc1ccc(CNCC2CCC(CN(C)CCO)CC2)cc1. The molecule has 3 heteroatoms. The van der Waals surface area contributed by atoms with Crippen molar-refractivity contribution in [3.05, 3.63) is 35.4 Å². The summed E-state index contributed by atoms with van der Waals surface area (Å²) in [6.45, 7) is 6.48. The maximum atomic E-state index is 8.96. The Morgan fingerprint density at radius 1 is 1.09 bits per heavy atom. The summed E-state index contributed by atoms with van der Waals surface area (Å²) in [5, 5.41) is 12.6. The third-order valence-corrected chi connectivity index (χ3v) is 4.90. The molecule has 22 heavy (non-hydrogen) atoms. The minimum absolute atomic E-state index is 0.273. The van der Waals surface area contributed by atoms with Crippen LogP contribution in [0.2, 0.25) is 0 Å². The van der Waals surface area contributed by atoms with Crippen LogP contribution in [0.15, 0.2) is 24.3 Å². The van der Waals surface area contributed by atoms with Gasteiger partial charge in [0, 0.05) is 19.6 Å². The fourth-order valence-electron chi connectivity index (χ4n) is 3.45. The molecule has 0 saturated heterocycles. The van der Waals surface area contributed by atoms with Crippen LogP contribution >= 0.6 is 0 Å². The Morgan fingerprint density at radius 2 is 1.73 bits per heavy atom. The smallest absolute Gasteiger partial charge is 0.0558 e. The molecular weight excluding hydrogens is 272 g/mol. The molecule has 0 bridgehead atoms. The molecule has 124 valence electrons. The molecule has 0 amide bonds. The van der Waals surface area contributed by atoms with Crippen LogP contribution in [-0.4, -0.2) is 43.3 Å². The molecule has 0 heterocycles. The number of aryl methyl sites for hydroxylation is 1. The van der Waals surface area contributed by atoms with Crippen LogP contribution in [0.4, 0.5) is 0 Å². The molecule has 0 atom stereocenters. The fraction of sp³-hybridized carbons (Fsp3) is 0.684. The molecule has 0 aromatic heterocycles. The van der Waals surface area contributed by atoms with Crippen LogP contribution in [0, 0.1) is 18.8 Å². The summed E-state index contributed by atoms with van der Waals surface area (Å²) in [7, 11) is 2.12. The average molecular weight is 304 g/mol. The van der Waals surface area contributed by atoms with E-state index in [1.165, 1.54) is 36.8 Å². The standard InChI is InChI=1S/C19H32N2O/c1-16-3-5-17(6-4-16)13-20-14-18-7-9-19(10-8-18)15-21(2)11-12-22/h3-6,18-20,22H,7-15H2,1-2H3. The maximum absolute atomic E-state index is 8.96. The number of nitrogens with one attached hydrogen (secondary N) is 1. The van der Waals surface area contributed by atoms with Crippen molar-refractivity contribution >= 4 is 0 Å². The van der Waals surface area contributed by atoms with Crippen LogP contribution in [0.1, 0.15) is 36.8 Å². The van der Waals surface area contributed by atoms with E-state index in [2.05, 4.69) is 48.5 Å². The second-order valence-electron chi connectivity index (χ2n) is 6.99. The van der Waals surface area contributed by atoms with E-state index in [1.54, 1.807) is 0 Å². The van der Waals surface area contributed by atoms with Gasteiger partial charge in [-0.15, -0.1) is 0 Å². The molecule has 0 radical (unpaired) electrons. The van der Waals surface area contributed by atoms with Crippen molar-refractivity contribution in [3.8, 4) is 0 Å². The monoisotopic (exact) mass is 304 g/mol. The summed E-state index contributed by atoms with van der Waals surface area (Å²) in [5.41, 5.74) is 2.71. The van der Waals surface area contributed by atoms with Crippen LogP contribution in [0.25, 0.3) is 0 Å². The number of hydrogen-bond acceptors (Lipinski definition) is 3. The summed E-state index contributed by atoms with van der Waals surface area (Å²) in [5.74, 6) is 1.66. The van der Waals surface area contributed by atoms with Gasteiger partial charge in [-0.3, -0.25) is 0 Å². The van der Waals surface area contributed by atoms with E-state index in [0.717, 1.165) is 38.0 Å². The van der Waals surface area contributed by atoms with Gasteiger partial charge in [0.1, 0.15) is 0 Å². The number of likely N-dealkylation sites (N-methyl/N-ethyl adjacent to an activating group) is 1. The molecule has 1 aliphatic carbocycles. The van der Waals surface area contributed by atoms with E-state index < -0.39 is 0 Å². The van der Waals surface area contributed by atoms with Gasteiger partial charge < -0.3 is 15.3 Å². The van der Waals surface area contributed by atoms with Crippen molar-refractivity contribution in [3.63, 3.8) is 0 Å². The van der Waals surface area contributed by atoms with Crippen molar-refractivity contribution in [1.82, 2.24) is 10.2 Å². The summed E-state index contributed by atoms with van der Waals surface area (Å²) in [6.07, 6.45) is 5.37. The minimum atomic E-state index is 0.273. The van der Waals surface area contributed by atoms with Crippen LogP contribution in [0.5, 0.6) is 0 Å². The highest BCUT2D eigenvalue weighted by molar-refractivity contribution is 5.21. The van der Waals surface area contributed by atoms with E-state index in [9.17, 15) is 0 Å². The summed E-state index contributed by atoms with van der Waals surface area (Å²) < 4.78 is 0. The summed E-state index contributed by atoms with van der Waals surface area (Å²) >= 11 is 0. The van der Waals surface area contributed by atoms with Gasteiger partial charge in [-0.25, -0.2) is 0 Å². The number of benzene rings is 1. The highest BCUT2D eigenvalue weighted by atomic mass is 16.3. The molecule has 0 aliphatic heterocycles. The second kappa shape index (κ2) is 9.29. The molecule has 3 nitrogen and oxygen atoms in total. The number of aliphatic hydroxyl groups is 1. The number of hydrogen-bond donors (Lipinski definition) is 2. The first-order valence-electron chi connectivity index (χ1n) is 8.73.